The molecule has 3 amide bonds. The van der Waals surface area contributed by atoms with Gasteiger partial charge >= 0.3 is 6.09 Å². The number of aromatic nitrogens is 2. The highest BCUT2D eigenvalue weighted by atomic mass is 32.2. The van der Waals surface area contributed by atoms with Crippen molar-refractivity contribution in [2.24, 2.45) is 5.41 Å². The predicted octanol–water partition coefficient (Wildman–Crippen LogP) is 5.57. The molecule has 0 radical (unpaired) electrons. The Kier molecular flexibility index (Phi) is 7.96. The fourth-order valence-corrected chi connectivity index (χ4v) is 5.49. The molecule has 0 bridgehead atoms. The van der Waals surface area contributed by atoms with Gasteiger partial charge in [-0.25, -0.2) is 14.8 Å². The summed E-state index contributed by atoms with van der Waals surface area (Å²) in [6, 6.07) is 6.97. The highest BCUT2D eigenvalue weighted by Gasteiger charge is 2.40. The average Bonchev–Trinajstić information content (AvgIpc) is 3.12. The number of likely N-dealkylation sites (N-methyl/N-ethyl adjacent to an activating group) is 1. The Hall–Kier alpha value is -3.60. The van der Waals surface area contributed by atoms with Gasteiger partial charge in [-0.15, -0.1) is 0 Å². The number of imide groups is 1. The first-order chi connectivity index (χ1) is 18.0. The zero-order valence-electron chi connectivity index (χ0n) is 22.1. The molecule has 2 atom stereocenters. The second-order valence-electron chi connectivity index (χ2n) is 10.3. The normalized spacial score (nSPS) is 21.2. The molecule has 0 saturated carbocycles. The number of amides is 3. The Morgan fingerprint density at radius 3 is 2.63 bits per heavy atom. The van der Waals surface area contributed by atoms with E-state index in [1.807, 2.05) is 33.8 Å². The first-order valence-corrected chi connectivity index (χ1v) is 13.3. The van der Waals surface area contributed by atoms with Crippen molar-refractivity contribution in [3.8, 4) is 17.5 Å². The zero-order chi connectivity index (χ0) is 27.6. The lowest BCUT2D eigenvalue weighted by atomic mass is 9.80. The van der Waals surface area contributed by atoms with Crippen LogP contribution in [-0.2, 0) is 4.79 Å². The lowest BCUT2D eigenvalue weighted by Gasteiger charge is -2.44. The number of hydrogen-bond donors (Lipinski definition) is 1. The lowest BCUT2D eigenvalue weighted by Crippen LogP contribution is -2.53. The maximum absolute atomic E-state index is 12.4. The molecule has 11 heteroatoms. The number of hydrogen-bond acceptors (Lipinski definition) is 8. The molecule has 0 aliphatic carbocycles. The third-order valence-electron chi connectivity index (χ3n) is 6.63. The van der Waals surface area contributed by atoms with E-state index in [-0.39, 0.29) is 28.7 Å². The molecule has 2 aliphatic heterocycles. The van der Waals surface area contributed by atoms with E-state index >= 15 is 0 Å². The van der Waals surface area contributed by atoms with E-state index in [4.69, 9.17) is 9.47 Å². The molecule has 38 heavy (non-hydrogen) atoms. The maximum atomic E-state index is 12.4. The van der Waals surface area contributed by atoms with Crippen LogP contribution in [0.15, 0.2) is 35.5 Å². The van der Waals surface area contributed by atoms with E-state index in [2.05, 4.69) is 9.97 Å². The first kappa shape index (κ1) is 27.4. The van der Waals surface area contributed by atoms with E-state index in [0.717, 1.165) is 11.8 Å². The van der Waals surface area contributed by atoms with Crippen LogP contribution in [-0.4, -0.2) is 67.3 Å². The molecule has 1 N–H and O–H groups in total. The summed E-state index contributed by atoms with van der Waals surface area (Å²) in [5, 5.41) is 9.35. The van der Waals surface area contributed by atoms with Gasteiger partial charge in [0.05, 0.1) is 10.5 Å². The van der Waals surface area contributed by atoms with Crippen molar-refractivity contribution < 1.29 is 29.0 Å². The summed E-state index contributed by atoms with van der Waals surface area (Å²) in [5.74, 6) is 0.920. The van der Waals surface area contributed by atoms with Crippen LogP contribution in [0.5, 0.6) is 17.5 Å². The lowest BCUT2D eigenvalue weighted by molar-refractivity contribution is -0.122. The molecule has 2 saturated heterocycles. The van der Waals surface area contributed by atoms with Crippen molar-refractivity contribution in [1.29, 1.82) is 0 Å². The van der Waals surface area contributed by atoms with Crippen molar-refractivity contribution in [2.45, 2.75) is 59.6 Å². The van der Waals surface area contributed by atoms with Gasteiger partial charge in [-0.3, -0.25) is 14.5 Å². The molecule has 2 fully saturated rings. The second kappa shape index (κ2) is 11.0. The second-order valence-corrected chi connectivity index (χ2v) is 11.3. The fraction of sp³-hybridized carbons (Fsp3) is 0.444. The zero-order valence-corrected chi connectivity index (χ0v) is 22.9. The first-order valence-electron chi connectivity index (χ1n) is 12.5. The molecule has 0 spiro atoms. The predicted molar refractivity (Wildman–Crippen MR) is 143 cm³/mol. The highest BCUT2D eigenvalue weighted by Crippen LogP contribution is 2.36. The monoisotopic (exact) mass is 540 g/mol. The smallest absolute Gasteiger partial charge is 0.407 e. The van der Waals surface area contributed by atoms with Gasteiger partial charge in [0.25, 0.3) is 11.1 Å². The summed E-state index contributed by atoms with van der Waals surface area (Å²) >= 11 is 0.920. The minimum absolute atomic E-state index is 0.182. The Bertz CT molecular complexity index is 1270. The summed E-state index contributed by atoms with van der Waals surface area (Å²) in [5.41, 5.74) is 1.10. The van der Waals surface area contributed by atoms with E-state index in [0.29, 0.717) is 59.5 Å². The van der Waals surface area contributed by atoms with Crippen molar-refractivity contribution in [2.75, 3.05) is 13.1 Å². The van der Waals surface area contributed by atoms with Crippen molar-refractivity contribution in [1.82, 2.24) is 19.8 Å². The maximum Gasteiger partial charge on any atom is 0.407 e. The number of benzene rings is 1. The average molecular weight is 541 g/mol. The molecular weight excluding hydrogens is 508 g/mol. The molecule has 4 rings (SSSR count). The van der Waals surface area contributed by atoms with Crippen LogP contribution >= 0.6 is 11.8 Å². The van der Waals surface area contributed by atoms with Gasteiger partial charge in [-0.05, 0) is 54.8 Å². The number of rotatable bonds is 6. The number of ether oxygens (including phenoxy) is 2. The molecule has 2 unspecified atom stereocenters. The van der Waals surface area contributed by atoms with Gasteiger partial charge in [0.15, 0.2) is 0 Å². The summed E-state index contributed by atoms with van der Waals surface area (Å²) in [7, 11) is 0. The topological polar surface area (TPSA) is 122 Å². The molecule has 10 nitrogen and oxygen atoms in total. The van der Waals surface area contributed by atoms with Crippen LogP contribution in [0.3, 0.4) is 0 Å². The third kappa shape index (κ3) is 5.93. The van der Waals surface area contributed by atoms with Crippen molar-refractivity contribution in [3.05, 3.63) is 46.6 Å². The molecular formula is C27H32N4O6S. The molecule has 1 aromatic heterocycles. The fourth-order valence-electron chi connectivity index (χ4n) is 4.59. The van der Waals surface area contributed by atoms with Crippen LogP contribution < -0.4 is 9.47 Å². The van der Waals surface area contributed by atoms with Crippen LogP contribution in [0.25, 0.3) is 6.08 Å². The molecule has 202 valence electrons. The van der Waals surface area contributed by atoms with E-state index in [1.165, 1.54) is 16.1 Å². The Morgan fingerprint density at radius 2 is 1.97 bits per heavy atom. The number of carbonyl (C=O) groups excluding carboxylic acids is 2. The van der Waals surface area contributed by atoms with Crippen molar-refractivity contribution in [3.63, 3.8) is 0 Å². The van der Waals surface area contributed by atoms with Gasteiger partial charge in [-0.2, -0.15) is 0 Å². The van der Waals surface area contributed by atoms with Crippen LogP contribution in [0.4, 0.5) is 9.59 Å². The van der Waals surface area contributed by atoms with Gasteiger partial charge in [0.1, 0.15) is 18.2 Å². The van der Waals surface area contributed by atoms with E-state index < -0.39 is 6.09 Å². The Morgan fingerprint density at radius 1 is 1.24 bits per heavy atom. The van der Waals surface area contributed by atoms with Gasteiger partial charge in [0.2, 0.25) is 11.8 Å². The largest absolute Gasteiger partial charge is 0.474 e. The van der Waals surface area contributed by atoms with Crippen molar-refractivity contribution >= 4 is 35.1 Å². The number of thioether (sulfide) groups is 1. The third-order valence-corrected chi connectivity index (χ3v) is 7.54. The van der Waals surface area contributed by atoms with Gasteiger partial charge in [0, 0.05) is 32.0 Å². The summed E-state index contributed by atoms with van der Waals surface area (Å²) < 4.78 is 12.3. The molecule has 3 heterocycles. The summed E-state index contributed by atoms with van der Waals surface area (Å²) in [6.07, 6.45) is 3.04. The van der Waals surface area contributed by atoms with Crippen LogP contribution in [0.2, 0.25) is 0 Å². The summed E-state index contributed by atoms with van der Waals surface area (Å²) in [4.78, 5) is 47.8. The molecule has 2 aliphatic rings. The number of nitrogens with zero attached hydrogens (tertiary/aromatic N) is 4. The number of carbonyl (C=O) groups is 3. The number of carboxylic acid groups (broad SMARTS) is 1. The Balaban J connectivity index is 1.49. The number of likely N-dealkylation sites (tertiary alicyclic amines) is 1. The van der Waals surface area contributed by atoms with E-state index in [1.54, 1.807) is 31.2 Å². The van der Waals surface area contributed by atoms with Crippen LogP contribution in [0.1, 0.15) is 51.7 Å². The minimum Gasteiger partial charge on any atom is -0.474 e. The number of piperidine rings is 1. The van der Waals surface area contributed by atoms with Crippen LogP contribution in [0, 0.1) is 12.3 Å². The molecule has 2 aromatic rings. The minimum atomic E-state index is -0.916. The summed E-state index contributed by atoms with van der Waals surface area (Å²) in [6.45, 7) is 10.4. The highest BCUT2D eigenvalue weighted by molar-refractivity contribution is 8.18. The molecule has 1 aromatic carbocycles. The standard InChI is InChI=1S/C27H32N4O6S/c1-6-30-24(32)20(38-26(30)35)13-17-8-7-9-18(12-17)36-22-16(2)23(29-15-28-22)37-19-10-11-31(25(33)34)21(14-19)27(3,4)5/h7-9,12-13,15,19,21H,6,10-11,14H2,1-5H3,(H,33,34). The SMILES string of the molecule is CCN1C(=O)SC(=Cc2cccc(Oc3ncnc(OC4CCN(C(=O)O)C(C(C)(C)C)C4)c3C)c2)C1=O. The van der Waals surface area contributed by atoms with Gasteiger partial charge in [-0.1, -0.05) is 32.9 Å². The quantitative estimate of drug-likeness (QED) is 0.469. The Labute approximate surface area is 226 Å². The van der Waals surface area contributed by atoms with Gasteiger partial charge < -0.3 is 19.5 Å². The van der Waals surface area contributed by atoms with E-state index in [9.17, 15) is 19.5 Å².